The SMILES string of the molecule is Cc1ccc(CNC(=O)[C@@H]2CCNC2)s1.Cl. The molecule has 0 radical (unpaired) electrons. The maximum atomic E-state index is 11.7. The molecule has 2 heterocycles. The first kappa shape index (κ1) is 13.5. The lowest BCUT2D eigenvalue weighted by molar-refractivity contribution is -0.124. The van der Waals surface area contributed by atoms with E-state index in [2.05, 4.69) is 29.7 Å². The summed E-state index contributed by atoms with van der Waals surface area (Å²) in [5, 5.41) is 6.18. The Morgan fingerprint density at radius 3 is 3.00 bits per heavy atom. The number of aryl methyl sites for hydroxylation is 1. The van der Waals surface area contributed by atoms with Gasteiger partial charge in [0.15, 0.2) is 0 Å². The molecule has 90 valence electrons. The molecule has 1 aliphatic heterocycles. The minimum atomic E-state index is 0. The van der Waals surface area contributed by atoms with Crippen LogP contribution >= 0.6 is 23.7 Å². The first-order valence-electron chi connectivity index (χ1n) is 5.29. The van der Waals surface area contributed by atoms with Gasteiger partial charge < -0.3 is 10.6 Å². The fourth-order valence-corrected chi connectivity index (χ4v) is 2.61. The number of thiophene rings is 1. The van der Waals surface area contributed by atoms with Crippen molar-refractivity contribution in [3.8, 4) is 0 Å². The Balaban J connectivity index is 0.00000128. The molecule has 0 bridgehead atoms. The number of amides is 1. The number of carbonyl (C=O) groups excluding carboxylic acids is 1. The highest BCUT2D eigenvalue weighted by atomic mass is 35.5. The third kappa shape index (κ3) is 3.47. The molecule has 0 saturated carbocycles. The zero-order chi connectivity index (χ0) is 10.7. The number of nitrogens with one attached hydrogen (secondary N) is 2. The Kier molecular flexibility index (Phi) is 5.25. The maximum Gasteiger partial charge on any atom is 0.224 e. The van der Waals surface area contributed by atoms with Crippen LogP contribution in [0.25, 0.3) is 0 Å². The second-order valence-electron chi connectivity index (χ2n) is 3.92. The van der Waals surface area contributed by atoms with Crippen LogP contribution in [0.5, 0.6) is 0 Å². The molecule has 1 atom stereocenters. The van der Waals surface area contributed by atoms with E-state index in [1.165, 1.54) is 9.75 Å². The Morgan fingerprint density at radius 1 is 1.62 bits per heavy atom. The largest absolute Gasteiger partial charge is 0.351 e. The van der Waals surface area contributed by atoms with Gasteiger partial charge in [-0.15, -0.1) is 23.7 Å². The molecule has 1 amide bonds. The van der Waals surface area contributed by atoms with E-state index in [0.717, 1.165) is 19.5 Å². The van der Waals surface area contributed by atoms with Crippen LogP contribution in [0, 0.1) is 12.8 Å². The van der Waals surface area contributed by atoms with Crippen molar-refractivity contribution < 1.29 is 4.79 Å². The van der Waals surface area contributed by atoms with Crippen molar-refractivity contribution in [2.75, 3.05) is 13.1 Å². The molecular formula is C11H17ClN2OS. The standard InChI is InChI=1S/C11H16N2OS.ClH/c1-8-2-3-10(15-8)7-13-11(14)9-4-5-12-6-9;/h2-3,9,12H,4-7H2,1H3,(H,13,14);1H/t9-;/m1./s1. The van der Waals surface area contributed by atoms with E-state index in [9.17, 15) is 4.79 Å². The molecule has 1 saturated heterocycles. The third-order valence-corrected chi connectivity index (χ3v) is 3.66. The Labute approximate surface area is 106 Å². The van der Waals surface area contributed by atoms with Crippen LogP contribution in [0.2, 0.25) is 0 Å². The van der Waals surface area contributed by atoms with Gasteiger partial charge in [-0.05, 0) is 32.0 Å². The molecule has 0 aliphatic carbocycles. The molecule has 1 aromatic rings. The van der Waals surface area contributed by atoms with Gasteiger partial charge in [0.1, 0.15) is 0 Å². The fraction of sp³-hybridized carbons (Fsp3) is 0.545. The predicted octanol–water partition coefficient (Wildman–Crippen LogP) is 1.70. The minimum absolute atomic E-state index is 0. The van der Waals surface area contributed by atoms with E-state index in [1.54, 1.807) is 11.3 Å². The van der Waals surface area contributed by atoms with Crippen molar-refractivity contribution in [1.82, 2.24) is 10.6 Å². The number of hydrogen-bond acceptors (Lipinski definition) is 3. The van der Waals surface area contributed by atoms with Gasteiger partial charge in [-0.25, -0.2) is 0 Å². The summed E-state index contributed by atoms with van der Waals surface area (Å²) in [6.45, 7) is 4.55. The average molecular weight is 261 g/mol. The van der Waals surface area contributed by atoms with Gasteiger partial charge in [-0.2, -0.15) is 0 Å². The average Bonchev–Trinajstić information content (AvgIpc) is 2.84. The van der Waals surface area contributed by atoms with Gasteiger partial charge in [0.2, 0.25) is 5.91 Å². The lowest BCUT2D eigenvalue weighted by Gasteiger charge is -2.08. The summed E-state index contributed by atoms with van der Waals surface area (Å²) >= 11 is 1.74. The summed E-state index contributed by atoms with van der Waals surface area (Å²) in [4.78, 5) is 14.2. The van der Waals surface area contributed by atoms with E-state index < -0.39 is 0 Å². The van der Waals surface area contributed by atoms with Crippen LogP contribution in [0.1, 0.15) is 16.2 Å². The number of hydrogen-bond donors (Lipinski definition) is 2. The van der Waals surface area contributed by atoms with Gasteiger partial charge in [0.05, 0.1) is 12.5 Å². The Morgan fingerprint density at radius 2 is 2.44 bits per heavy atom. The molecule has 16 heavy (non-hydrogen) atoms. The Bertz CT molecular complexity index is 348. The summed E-state index contributed by atoms with van der Waals surface area (Å²) in [7, 11) is 0. The molecule has 2 rings (SSSR count). The lowest BCUT2D eigenvalue weighted by Crippen LogP contribution is -2.31. The molecule has 3 nitrogen and oxygen atoms in total. The highest BCUT2D eigenvalue weighted by Crippen LogP contribution is 2.15. The predicted molar refractivity (Wildman–Crippen MR) is 69.1 cm³/mol. The number of carbonyl (C=O) groups is 1. The molecule has 1 aliphatic rings. The molecule has 0 unspecified atom stereocenters. The first-order chi connectivity index (χ1) is 7.25. The van der Waals surface area contributed by atoms with E-state index in [0.29, 0.717) is 6.54 Å². The van der Waals surface area contributed by atoms with E-state index in [4.69, 9.17) is 0 Å². The van der Waals surface area contributed by atoms with E-state index in [-0.39, 0.29) is 24.2 Å². The van der Waals surface area contributed by atoms with Gasteiger partial charge in [0, 0.05) is 16.3 Å². The van der Waals surface area contributed by atoms with Gasteiger partial charge in [-0.1, -0.05) is 0 Å². The van der Waals surface area contributed by atoms with Crippen LogP contribution in [0.15, 0.2) is 12.1 Å². The molecule has 0 aromatic carbocycles. The van der Waals surface area contributed by atoms with Gasteiger partial charge in [-0.3, -0.25) is 4.79 Å². The summed E-state index contributed by atoms with van der Waals surface area (Å²) in [6, 6.07) is 4.16. The minimum Gasteiger partial charge on any atom is -0.351 e. The fourth-order valence-electron chi connectivity index (χ4n) is 1.78. The molecule has 1 fully saturated rings. The normalized spacial score (nSPS) is 19.2. The number of halogens is 1. The summed E-state index contributed by atoms with van der Waals surface area (Å²) in [5.74, 6) is 0.358. The molecule has 1 aromatic heterocycles. The molecule has 5 heteroatoms. The highest BCUT2D eigenvalue weighted by Gasteiger charge is 2.21. The van der Waals surface area contributed by atoms with Crippen molar-refractivity contribution >= 4 is 29.7 Å². The second-order valence-corrected chi connectivity index (χ2v) is 5.29. The van der Waals surface area contributed by atoms with Crippen molar-refractivity contribution in [2.45, 2.75) is 19.9 Å². The van der Waals surface area contributed by atoms with E-state index >= 15 is 0 Å². The molecular weight excluding hydrogens is 244 g/mol. The van der Waals surface area contributed by atoms with Gasteiger partial charge in [0.25, 0.3) is 0 Å². The topological polar surface area (TPSA) is 41.1 Å². The highest BCUT2D eigenvalue weighted by molar-refractivity contribution is 7.11. The van der Waals surface area contributed by atoms with Crippen molar-refractivity contribution in [2.24, 2.45) is 5.92 Å². The van der Waals surface area contributed by atoms with E-state index in [1.807, 2.05) is 0 Å². The Hall–Kier alpha value is -0.580. The van der Waals surface area contributed by atoms with Crippen molar-refractivity contribution in [3.63, 3.8) is 0 Å². The maximum absolute atomic E-state index is 11.7. The summed E-state index contributed by atoms with van der Waals surface area (Å²) in [6.07, 6.45) is 0.968. The molecule has 2 N–H and O–H groups in total. The third-order valence-electron chi connectivity index (χ3n) is 2.66. The smallest absolute Gasteiger partial charge is 0.224 e. The van der Waals surface area contributed by atoms with Crippen LogP contribution < -0.4 is 10.6 Å². The molecule has 0 spiro atoms. The lowest BCUT2D eigenvalue weighted by atomic mass is 10.1. The van der Waals surface area contributed by atoms with Crippen LogP contribution in [0.3, 0.4) is 0 Å². The van der Waals surface area contributed by atoms with Crippen molar-refractivity contribution in [3.05, 3.63) is 21.9 Å². The first-order valence-corrected chi connectivity index (χ1v) is 6.11. The zero-order valence-corrected chi connectivity index (χ0v) is 10.9. The zero-order valence-electron chi connectivity index (χ0n) is 9.29. The second kappa shape index (κ2) is 6.23. The summed E-state index contributed by atoms with van der Waals surface area (Å²) in [5.41, 5.74) is 0. The van der Waals surface area contributed by atoms with Gasteiger partial charge >= 0.3 is 0 Å². The quantitative estimate of drug-likeness (QED) is 0.869. The number of rotatable bonds is 3. The van der Waals surface area contributed by atoms with Crippen LogP contribution in [0.4, 0.5) is 0 Å². The van der Waals surface area contributed by atoms with Crippen LogP contribution in [-0.4, -0.2) is 19.0 Å². The summed E-state index contributed by atoms with van der Waals surface area (Å²) < 4.78 is 0. The van der Waals surface area contributed by atoms with Crippen molar-refractivity contribution in [1.29, 1.82) is 0 Å². The van der Waals surface area contributed by atoms with Crippen LogP contribution in [-0.2, 0) is 11.3 Å². The monoisotopic (exact) mass is 260 g/mol.